The Kier molecular flexibility index (Phi) is 5.39. The molecule has 1 unspecified atom stereocenters. The first-order valence-corrected chi connectivity index (χ1v) is 10.3. The van der Waals surface area contributed by atoms with Crippen LogP contribution in [0.15, 0.2) is 36.5 Å². The van der Waals surface area contributed by atoms with Gasteiger partial charge in [-0.3, -0.25) is 29.6 Å². The largest absolute Gasteiger partial charge is 0.322 e. The molecule has 0 spiro atoms. The van der Waals surface area contributed by atoms with Gasteiger partial charge >= 0.3 is 0 Å². The van der Waals surface area contributed by atoms with E-state index < -0.39 is 11.9 Å². The van der Waals surface area contributed by atoms with Crippen LogP contribution in [-0.4, -0.2) is 51.6 Å². The summed E-state index contributed by atoms with van der Waals surface area (Å²) in [6, 6.07) is 9.65. The molecule has 1 fully saturated rings. The number of carbonyl (C=O) groups excluding carboxylic acids is 3. The maximum atomic E-state index is 12.8. The number of amides is 3. The predicted molar refractivity (Wildman–Crippen MR) is 112 cm³/mol. The number of fused-ring (bicyclic) bond motifs is 1. The molecule has 2 aromatic rings. The number of hydrogen-bond donors (Lipinski definition) is 1. The van der Waals surface area contributed by atoms with Gasteiger partial charge in [0.1, 0.15) is 6.04 Å². The van der Waals surface area contributed by atoms with Crippen LogP contribution in [-0.2, 0) is 22.7 Å². The van der Waals surface area contributed by atoms with Crippen molar-refractivity contribution < 1.29 is 14.4 Å². The van der Waals surface area contributed by atoms with E-state index >= 15 is 0 Å². The van der Waals surface area contributed by atoms with E-state index in [1.807, 2.05) is 30.5 Å². The van der Waals surface area contributed by atoms with Crippen molar-refractivity contribution in [2.45, 2.75) is 51.9 Å². The molecule has 1 saturated heterocycles. The van der Waals surface area contributed by atoms with Gasteiger partial charge < -0.3 is 4.90 Å². The van der Waals surface area contributed by atoms with Crippen LogP contribution in [0.3, 0.4) is 0 Å². The van der Waals surface area contributed by atoms with Crippen molar-refractivity contribution in [3.63, 3.8) is 0 Å². The van der Waals surface area contributed by atoms with Crippen LogP contribution in [0.2, 0.25) is 0 Å². The molecule has 0 aliphatic carbocycles. The molecule has 2 aliphatic heterocycles. The number of hydrogen-bond acceptors (Lipinski definition) is 5. The lowest BCUT2D eigenvalue weighted by atomic mass is 10.0. The maximum absolute atomic E-state index is 12.8. The molecular weight excluding hydrogens is 380 g/mol. The van der Waals surface area contributed by atoms with Crippen molar-refractivity contribution in [1.82, 2.24) is 20.1 Å². The van der Waals surface area contributed by atoms with Gasteiger partial charge in [0.15, 0.2) is 0 Å². The summed E-state index contributed by atoms with van der Waals surface area (Å²) in [5.74, 6) is -0.834. The van der Waals surface area contributed by atoms with Crippen LogP contribution in [0.1, 0.15) is 48.2 Å². The molecule has 3 heterocycles. The van der Waals surface area contributed by atoms with Crippen LogP contribution >= 0.6 is 0 Å². The Morgan fingerprint density at radius 3 is 2.73 bits per heavy atom. The normalized spacial score (nSPS) is 18.9. The summed E-state index contributed by atoms with van der Waals surface area (Å²) in [4.78, 5) is 44.8. The maximum Gasteiger partial charge on any atom is 0.255 e. The number of pyridine rings is 1. The molecule has 0 radical (unpaired) electrons. The second-order valence-electron chi connectivity index (χ2n) is 8.33. The van der Waals surface area contributed by atoms with Crippen molar-refractivity contribution in [3.05, 3.63) is 53.2 Å². The molecule has 1 aromatic heterocycles. The van der Waals surface area contributed by atoms with Crippen LogP contribution in [0.5, 0.6) is 0 Å². The van der Waals surface area contributed by atoms with E-state index in [1.165, 1.54) is 5.56 Å². The third kappa shape index (κ3) is 3.85. The first-order valence-electron chi connectivity index (χ1n) is 10.3. The molecule has 2 aliphatic rings. The van der Waals surface area contributed by atoms with Crippen LogP contribution in [0.4, 0.5) is 0 Å². The fourth-order valence-electron chi connectivity index (χ4n) is 3.93. The highest BCUT2D eigenvalue weighted by Crippen LogP contribution is 2.31. The molecule has 4 rings (SSSR count). The fourth-order valence-corrected chi connectivity index (χ4v) is 3.93. The van der Waals surface area contributed by atoms with Gasteiger partial charge in [-0.15, -0.1) is 0 Å². The molecule has 1 aromatic carbocycles. The predicted octanol–water partition coefficient (Wildman–Crippen LogP) is 2.35. The van der Waals surface area contributed by atoms with Gasteiger partial charge in [-0.05, 0) is 62.7 Å². The SMILES string of the molecule is CC(C)N(C)Cc1ccnc(-c2ccc3c(c2)CN(C2CCC(=O)NC2=O)C3=O)c1. The molecule has 7 heteroatoms. The number of piperidine rings is 1. The molecule has 156 valence electrons. The van der Waals surface area contributed by atoms with E-state index in [9.17, 15) is 14.4 Å². The Morgan fingerprint density at radius 2 is 2.00 bits per heavy atom. The number of aromatic nitrogens is 1. The van der Waals surface area contributed by atoms with Gasteiger partial charge in [0.25, 0.3) is 5.91 Å². The summed E-state index contributed by atoms with van der Waals surface area (Å²) in [5, 5.41) is 2.33. The Hall–Kier alpha value is -3.06. The van der Waals surface area contributed by atoms with Crippen molar-refractivity contribution >= 4 is 17.7 Å². The molecule has 3 amide bonds. The van der Waals surface area contributed by atoms with Gasteiger partial charge in [0.05, 0.1) is 5.69 Å². The summed E-state index contributed by atoms with van der Waals surface area (Å²) in [7, 11) is 2.09. The monoisotopic (exact) mass is 406 g/mol. The number of nitrogens with zero attached hydrogens (tertiary/aromatic N) is 3. The third-order valence-corrected chi connectivity index (χ3v) is 5.96. The Bertz CT molecular complexity index is 1020. The second kappa shape index (κ2) is 7.99. The van der Waals surface area contributed by atoms with E-state index in [4.69, 9.17) is 0 Å². The molecule has 1 atom stereocenters. The smallest absolute Gasteiger partial charge is 0.255 e. The van der Waals surface area contributed by atoms with Crippen LogP contribution in [0, 0.1) is 0 Å². The van der Waals surface area contributed by atoms with Gasteiger partial charge in [0, 0.05) is 42.9 Å². The molecule has 0 saturated carbocycles. The highest BCUT2D eigenvalue weighted by atomic mass is 16.2. The average molecular weight is 406 g/mol. The van der Waals surface area contributed by atoms with E-state index in [0.29, 0.717) is 24.6 Å². The summed E-state index contributed by atoms with van der Waals surface area (Å²) in [6.07, 6.45) is 2.43. The summed E-state index contributed by atoms with van der Waals surface area (Å²) >= 11 is 0. The topological polar surface area (TPSA) is 82.6 Å². The van der Waals surface area contributed by atoms with Crippen LogP contribution < -0.4 is 5.32 Å². The highest BCUT2D eigenvalue weighted by molar-refractivity contribution is 6.05. The number of carbonyl (C=O) groups is 3. The quantitative estimate of drug-likeness (QED) is 0.771. The first kappa shape index (κ1) is 20.2. The van der Waals surface area contributed by atoms with Gasteiger partial charge in [-0.25, -0.2) is 0 Å². The van der Waals surface area contributed by atoms with E-state index in [-0.39, 0.29) is 18.2 Å². The van der Waals surface area contributed by atoms with Crippen molar-refractivity contribution in [2.75, 3.05) is 7.05 Å². The number of rotatable bonds is 5. The van der Waals surface area contributed by atoms with Crippen LogP contribution in [0.25, 0.3) is 11.3 Å². The van der Waals surface area contributed by atoms with Crippen molar-refractivity contribution in [3.8, 4) is 11.3 Å². The zero-order valence-electron chi connectivity index (χ0n) is 17.5. The minimum absolute atomic E-state index is 0.161. The van der Waals surface area contributed by atoms with Gasteiger partial charge in [-0.1, -0.05) is 6.07 Å². The van der Waals surface area contributed by atoms with E-state index in [0.717, 1.165) is 23.4 Å². The number of imide groups is 1. The second-order valence-corrected chi connectivity index (χ2v) is 8.33. The summed E-state index contributed by atoms with van der Waals surface area (Å²) < 4.78 is 0. The van der Waals surface area contributed by atoms with Crippen molar-refractivity contribution in [2.24, 2.45) is 0 Å². The standard InChI is InChI=1S/C23H26N4O3/c1-14(2)26(3)12-15-8-9-24-19(10-15)16-4-5-18-17(11-16)13-27(23(18)30)20-6-7-21(28)25-22(20)29/h4-5,8-11,14,20H,6-7,12-13H2,1-3H3,(H,25,28,29). The lowest BCUT2D eigenvalue weighted by molar-refractivity contribution is -0.136. The lowest BCUT2D eigenvalue weighted by Gasteiger charge is -2.29. The van der Waals surface area contributed by atoms with Gasteiger partial charge in [0.2, 0.25) is 11.8 Å². The first-order chi connectivity index (χ1) is 14.3. The number of nitrogens with one attached hydrogen (secondary N) is 1. The third-order valence-electron chi connectivity index (χ3n) is 5.96. The van der Waals surface area contributed by atoms with E-state index in [1.54, 1.807) is 4.90 Å². The molecule has 7 nitrogen and oxygen atoms in total. The van der Waals surface area contributed by atoms with E-state index in [2.05, 4.69) is 42.2 Å². The zero-order chi connectivity index (χ0) is 21.4. The molecule has 0 bridgehead atoms. The Balaban J connectivity index is 1.56. The lowest BCUT2D eigenvalue weighted by Crippen LogP contribution is -2.52. The molecule has 1 N–H and O–H groups in total. The van der Waals surface area contributed by atoms with Crippen molar-refractivity contribution in [1.29, 1.82) is 0 Å². The number of benzene rings is 1. The summed E-state index contributed by atoms with van der Waals surface area (Å²) in [6.45, 7) is 5.52. The fraction of sp³-hybridized carbons (Fsp3) is 0.391. The Morgan fingerprint density at radius 1 is 1.20 bits per heavy atom. The minimum Gasteiger partial charge on any atom is -0.322 e. The highest BCUT2D eigenvalue weighted by Gasteiger charge is 2.39. The summed E-state index contributed by atoms with van der Waals surface area (Å²) in [5.41, 5.74) is 4.48. The molecule has 30 heavy (non-hydrogen) atoms. The zero-order valence-corrected chi connectivity index (χ0v) is 17.5. The van der Waals surface area contributed by atoms with Gasteiger partial charge in [-0.2, -0.15) is 0 Å². The minimum atomic E-state index is -0.598. The molecular formula is C23H26N4O3. The Labute approximate surface area is 176 Å². The average Bonchev–Trinajstić information content (AvgIpc) is 3.04.